The third-order valence-electron chi connectivity index (χ3n) is 9.27. The number of halogens is 2. The van der Waals surface area contributed by atoms with Gasteiger partial charge in [-0.25, -0.2) is 8.78 Å². The van der Waals surface area contributed by atoms with Gasteiger partial charge in [-0.3, -0.25) is 9.69 Å². The third-order valence-corrected chi connectivity index (χ3v) is 9.27. The Labute approximate surface area is 239 Å². The molecule has 4 fully saturated rings. The highest BCUT2D eigenvalue weighted by Gasteiger charge is 2.49. The summed E-state index contributed by atoms with van der Waals surface area (Å²) >= 11 is 0. The van der Waals surface area contributed by atoms with Gasteiger partial charge in [0.25, 0.3) is 5.92 Å². The van der Waals surface area contributed by atoms with Crippen molar-refractivity contribution in [3.8, 4) is 0 Å². The van der Waals surface area contributed by atoms with Gasteiger partial charge in [0.1, 0.15) is 11.8 Å². The molecule has 0 aromatic heterocycles. The summed E-state index contributed by atoms with van der Waals surface area (Å²) in [7, 11) is 0. The fraction of sp³-hybridized carbons (Fsp3) is 0.933. The maximum Gasteiger partial charge on any atom is 0.250 e. The average molecular weight is 571 g/mol. The fourth-order valence-electron chi connectivity index (χ4n) is 7.18. The Hall–Kier alpha value is -1.20. The number of amides is 1. The lowest BCUT2D eigenvalue weighted by Crippen LogP contribution is -2.68. The average Bonchev–Trinajstić information content (AvgIpc) is 2.89. The van der Waals surface area contributed by atoms with E-state index in [2.05, 4.69) is 49.7 Å². The van der Waals surface area contributed by atoms with Gasteiger partial charge in [0.2, 0.25) is 5.91 Å². The minimum Gasteiger partial charge on any atom is -0.349 e. The Morgan fingerprint density at radius 1 is 1.05 bits per heavy atom. The molecule has 4 heterocycles. The molecule has 40 heavy (non-hydrogen) atoms. The number of carbonyl (C=O) groups is 2. The number of rotatable bonds is 10. The molecule has 10 heteroatoms. The van der Waals surface area contributed by atoms with Gasteiger partial charge in [-0.05, 0) is 31.6 Å². The van der Waals surface area contributed by atoms with Crippen molar-refractivity contribution in [1.29, 1.82) is 0 Å². The van der Waals surface area contributed by atoms with E-state index in [-0.39, 0.29) is 42.7 Å². The minimum atomic E-state index is -2.53. The second-order valence-corrected chi connectivity index (χ2v) is 13.8. The highest BCUT2D eigenvalue weighted by atomic mass is 19.3. The molecule has 4 aliphatic heterocycles. The van der Waals surface area contributed by atoms with E-state index in [9.17, 15) is 18.4 Å². The lowest BCUT2D eigenvalue weighted by molar-refractivity contribution is -0.305. The van der Waals surface area contributed by atoms with E-state index in [4.69, 9.17) is 9.47 Å². The number of ether oxygens (including phenoxy) is 2. The van der Waals surface area contributed by atoms with Crippen molar-refractivity contribution in [1.82, 2.24) is 20.0 Å². The van der Waals surface area contributed by atoms with Crippen molar-refractivity contribution in [2.24, 2.45) is 17.8 Å². The molecule has 0 aliphatic carbocycles. The molecule has 4 saturated heterocycles. The predicted octanol–water partition coefficient (Wildman–Crippen LogP) is 3.39. The number of piperidine rings is 2. The molecule has 0 radical (unpaired) electrons. The van der Waals surface area contributed by atoms with Crippen LogP contribution in [-0.2, 0) is 19.1 Å². The normalized spacial score (nSPS) is 34.0. The number of piperazine rings is 1. The smallest absolute Gasteiger partial charge is 0.250 e. The van der Waals surface area contributed by atoms with Gasteiger partial charge in [-0.2, -0.15) is 0 Å². The third kappa shape index (κ3) is 7.60. The lowest BCUT2D eigenvalue weighted by Gasteiger charge is -2.52. The monoisotopic (exact) mass is 570 g/mol. The van der Waals surface area contributed by atoms with Crippen LogP contribution in [0.25, 0.3) is 0 Å². The summed E-state index contributed by atoms with van der Waals surface area (Å²) in [5, 5.41) is 3.37. The Kier molecular flexibility index (Phi) is 10.3. The van der Waals surface area contributed by atoms with Crippen LogP contribution in [0, 0.1) is 17.8 Å². The summed E-state index contributed by atoms with van der Waals surface area (Å²) in [6, 6.07) is -0.133. The SMILES string of the molecule is CC(C)C[C@@H]1NCCN([C@](C=O)(CC(C)C)CN2CCC3(C[C@@H]2C)OCC(CN2CCC(F)(F)CC2)CO3)C1=O. The first-order valence-electron chi connectivity index (χ1n) is 15.5. The molecule has 1 amide bonds. The Balaban J connectivity index is 1.36. The highest BCUT2D eigenvalue weighted by Crippen LogP contribution is 2.38. The van der Waals surface area contributed by atoms with Crippen LogP contribution < -0.4 is 5.32 Å². The second-order valence-electron chi connectivity index (χ2n) is 13.8. The lowest BCUT2D eigenvalue weighted by atomic mass is 9.84. The molecule has 0 unspecified atom stereocenters. The summed E-state index contributed by atoms with van der Waals surface area (Å²) in [5.74, 6) is -2.31. The quantitative estimate of drug-likeness (QED) is 0.404. The van der Waals surface area contributed by atoms with E-state index in [1.54, 1.807) is 0 Å². The van der Waals surface area contributed by atoms with Gasteiger partial charge in [0.15, 0.2) is 5.79 Å². The van der Waals surface area contributed by atoms with Gasteiger partial charge in [0, 0.05) is 83.5 Å². The molecule has 4 rings (SSSR count). The van der Waals surface area contributed by atoms with Crippen LogP contribution in [0.4, 0.5) is 8.78 Å². The van der Waals surface area contributed by atoms with Crippen LogP contribution in [0.3, 0.4) is 0 Å². The van der Waals surface area contributed by atoms with Crippen LogP contribution >= 0.6 is 0 Å². The highest BCUT2D eigenvalue weighted by molar-refractivity contribution is 5.87. The summed E-state index contributed by atoms with van der Waals surface area (Å²) < 4.78 is 39.8. The first-order valence-corrected chi connectivity index (χ1v) is 15.5. The summed E-state index contributed by atoms with van der Waals surface area (Å²) in [6.45, 7) is 15.8. The van der Waals surface area contributed by atoms with Gasteiger partial charge in [-0.15, -0.1) is 0 Å². The maximum atomic E-state index is 13.6. The molecule has 0 aromatic rings. The Morgan fingerprint density at radius 2 is 1.73 bits per heavy atom. The molecular formula is C30H52F2N4O4. The Bertz CT molecular complexity index is 857. The summed E-state index contributed by atoms with van der Waals surface area (Å²) in [6.07, 6.45) is 3.66. The molecule has 1 N–H and O–H groups in total. The van der Waals surface area contributed by atoms with E-state index in [1.165, 1.54) is 0 Å². The number of nitrogens with zero attached hydrogens (tertiary/aromatic N) is 3. The van der Waals surface area contributed by atoms with Crippen LogP contribution in [0.5, 0.6) is 0 Å². The molecule has 0 saturated carbocycles. The molecule has 0 aromatic carbocycles. The molecule has 0 bridgehead atoms. The number of nitrogens with one attached hydrogen (secondary N) is 1. The van der Waals surface area contributed by atoms with E-state index in [0.717, 1.165) is 25.8 Å². The largest absolute Gasteiger partial charge is 0.349 e. The molecular weight excluding hydrogens is 518 g/mol. The summed E-state index contributed by atoms with van der Waals surface area (Å²) in [5.41, 5.74) is -0.869. The standard InChI is InChI=1S/C30H52F2N4O4/c1-22(2)14-26-27(38)36(13-9-33-26)28(21-37,15-23(3)4)20-35-12-8-30(16-24(35)5)39-18-25(19-40-30)17-34-10-6-29(31,32)7-11-34/h21-26,33H,6-20H2,1-5H3/t24-,25?,26-,28+,30?/m0/s1. The fourth-order valence-corrected chi connectivity index (χ4v) is 7.18. The van der Waals surface area contributed by atoms with Gasteiger partial charge < -0.3 is 29.4 Å². The number of aldehydes is 1. The first-order chi connectivity index (χ1) is 18.9. The van der Waals surface area contributed by atoms with Gasteiger partial charge in [-0.1, -0.05) is 27.7 Å². The number of hydrogen-bond donors (Lipinski definition) is 1. The predicted molar refractivity (Wildman–Crippen MR) is 150 cm³/mol. The molecule has 8 nitrogen and oxygen atoms in total. The van der Waals surface area contributed by atoms with Crippen molar-refractivity contribution in [3.63, 3.8) is 0 Å². The number of hydrogen-bond acceptors (Lipinski definition) is 7. The number of likely N-dealkylation sites (tertiary alicyclic amines) is 2. The molecule has 4 aliphatic rings. The summed E-state index contributed by atoms with van der Waals surface area (Å²) in [4.78, 5) is 32.8. The first kappa shape index (κ1) is 31.7. The zero-order valence-corrected chi connectivity index (χ0v) is 25.3. The zero-order chi connectivity index (χ0) is 29.1. The van der Waals surface area contributed by atoms with Crippen molar-refractivity contribution < 1.29 is 27.8 Å². The molecule has 3 atom stereocenters. The van der Waals surface area contributed by atoms with E-state index < -0.39 is 17.2 Å². The number of carbonyl (C=O) groups excluding carboxylic acids is 2. The van der Waals surface area contributed by atoms with Crippen LogP contribution in [0.15, 0.2) is 0 Å². The zero-order valence-electron chi connectivity index (χ0n) is 25.3. The van der Waals surface area contributed by atoms with E-state index in [1.807, 2.05) is 4.90 Å². The van der Waals surface area contributed by atoms with Crippen molar-refractivity contribution in [3.05, 3.63) is 0 Å². The van der Waals surface area contributed by atoms with E-state index >= 15 is 0 Å². The van der Waals surface area contributed by atoms with Gasteiger partial charge >= 0.3 is 0 Å². The van der Waals surface area contributed by atoms with Crippen molar-refractivity contribution >= 4 is 12.2 Å². The second kappa shape index (κ2) is 13.0. The molecule has 1 spiro atoms. The van der Waals surface area contributed by atoms with Crippen LogP contribution in [0.1, 0.15) is 73.1 Å². The van der Waals surface area contributed by atoms with E-state index in [0.29, 0.717) is 71.1 Å². The van der Waals surface area contributed by atoms with Crippen LogP contribution in [-0.4, -0.2) is 115 Å². The number of alkyl halides is 2. The van der Waals surface area contributed by atoms with Crippen molar-refractivity contribution in [2.75, 3.05) is 59.0 Å². The Morgan fingerprint density at radius 3 is 2.30 bits per heavy atom. The minimum absolute atomic E-state index is 0.0382. The topological polar surface area (TPSA) is 74.3 Å². The van der Waals surface area contributed by atoms with Gasteiger partial charge in [0.05, 0.1) is 19.3 Å². The van der Waals surface area contributed by atoms with Crippen LogP contribution in [0.2, 0.25) is 0 Å². The van der Waals surface area contributed by atoms with Crippen molar-refractivity contribution in [2.45, 2.75) is 102 Å². The maximum absolute atomic E-state index is 13.6. The molecule has 230 valence electrons.